The van der Waals surface area contributed by atoms with E-state index in [1.54, 1.807) is 0 Å². The standard InChI is InChI=1S/C15H28BrN5/c1-15(2,20-7-5-6-8-20)14(17)13-12(16)11-18-21(13)10-9-19(3)4/h11,14H,5-10,17H2,1-4H3. The van der Waals surface area contributed by atoms with Crippen molar-refractivity contribution in [2.45, 2.75) is 44.8 Å². The molecule has 2 N–H and O–H groups in total. The molecule has 1 saturated heterocycles. The summed E-state index contributed by atoms with van der Waals surface area (Å²) in [5, 5.41) is 4.49. The maximum Gasteiger partial charge on any atom is 0.0712 e. The van der Waals surface area contributed by atoms with E-state index in [4.69, 9.17) is 5.73 Å². The monoisotopic (exact) mass is 357 g/mol. The van der Waals surface area contributed by atoms with E-state index in [2.05, 4.69) is 58.8 Å². The molecule has 21 heavy (non-hydrogen) atoms. The Hall–Kier alpha value is -0.430. The largest absolute Gasteiger partial charge is 0.321 e. The van der Waals surface area contributed by atoms with E-state index in [1.165, 1.54) is 12.8 Å². The van der Waals surface area contributed by atoms with Crippen LogP contribution in [0.1, 0.15) is 38.4 Å². The molecule has 5 nitrogen and oxygen atoms in total. The van der Waals surface area contributed by atoms with E-state index in [0.717, 1.165) is 36.3 Å². The van der Waals surface area contributed by atoms with Crippen LogP contribution in [0.5, 0.6) is 0 Å². The predicted molar refractivity (Wildman–Crippen MR) is 90.3 cm³/mol. The van der Waals surface area contributed by atoms with E-state index < -0.39 is 0 Å². The van der Waals surface area contributed by atoms with Gasteiger partial charge in [0.1, 0.15) is 0 Å². The fourth-order valence-electron chi connectivity index (χ4n) is 2.98. The molecule has 0 saturated carbocycles. The fourth-order valence-corrected chi connectivity index (χ4v) is 3.52. The van der Waals surface area contributed by atoms with Crippen molar-refractivity contribution in [3.05, 3.63) is 16.4 Å². The molecule has 0 aliphatic carbocycles. The summed E-state index contributed by atoms with van der Waals surface area (Å²) in [5.74, 6) is 0. The van der Waals surface area contributed by atoms with Crippen LogP contribution in [0.25, 0.3) is 0 Å². The Bertz CT molecular complexity index is 463. The SMILES string of the molecule is CN(C)CCn1ncc(Br)c1C(N)C(C)(C)N1CCCC1. The summed E-state index contributed by atoms with van der Waals surface area (Å²) in [6, 6.07) is -0.0605. The summed E-state index contributed by atoms with van der Waals surface area (Å²) in [4.78, 5) is 4.67. The van der Waals surface area contributed by atoms with Gasteiger partial charge in [0.2, 0.25) is 0 Å². The van der Waals surface area contributed by atoms with Gasteiger partial charge in [0.05, 0.1) is 29.0 Å². The highest BCUT2D eigenvalue weighted by atomic mass is 79.9. The van der Waals surface area contributed by atoms with Gasteiger partial charge in [0.25, 0.3) is 0 Å². The molecule has 2 rings (SSSR count). The minimum Gasteiger partial charge on any atom is -0.321 e. The second-order valence-electron chi connectivity index (χ2n) is 6.73. The van der Waals surface area contributed by atoms with Crippen molar-refractivity contribution in [3.63, 3.8) is 0 Å². The zero-order chi connectivity index (χ0) is 15.6. The predicted octanol–water partition coefficient (Wildman–Crippen LogP) is 2.08. The number of likely N-dealkylation sites (N-methyl/N-ethyl adjacent to an activating group) is 1. The lowest BCUT2D eigenvalue weighted by Gasteiger charge is -2.40. The van der Waals surface area contributed by atoms with Crippen molar-refractivity contribution in [1.29, 1.82) is 0 Å². The summed E-state index contributed by atoms with van der Waals surface area (Å²) in [6.45, 7) is 8.60. The van der Waals surface area contributed by atoms with Crippen LogP contribution in [0.4, 0.5) is 0 Å². The average molecular weight is 358 g/mol. The topological polar surface area (TPSA) is 50.3 Å². The molecule has 0 bridgehead atoms. The van der Waals surface area contributed by atoms with Crippen molar-refractivity contribution in [1.82, 2.24) is 19.6 Å². The Kier molecular flexibility index (Phi) is 5.46. The van der Waals surface area contributed by atoms with E-state index >= 15 is 0 Å². The molecule has 6 heteroatoms. The van der Waals surface area contributed by atoms with Gasteiger partial charge in [0, 0.05) is 12.1 Å². The van der Waals surface area contributed by atoms with Crippen molar-refractivity contribution >= 4 is 15.9 Å². The van der Waals surface area contributed by atoms with Crippen LogP contribution in [0, 0.1) is 0 Å². The number of nitrogens with two attached hydrogens (primary N) is 1. The molecule has 1 unspecified atom stereocenters. The first-order valence-corrected chi connectivity index (χ1v) is 8.50. The van der Waals surface area contributed by atoms with Crippen molar-refractivity contribution in [2.24, 2.45) is 5.73 Å². The molecule has 2 heterocycles. The number of halogens is 1. The Labute approximate surface area is 136 Å². The Morgan fingerprint density at radius 1 is 1.38 bits per heavy atom. The van der Waals surface area contributed by atoms with Gasteiger partial charge >= 0.3 is 0 Å². The third kappa shape index (κ3) is 3.67. The maximum absolute atomic E-state index is 6.66. The molecule has 0 amide bonds. The van der Waals surface area contributed by atoms with Crippen LogP contribution in [0.15, 0.2) is 10.7 Å². The van der Waals surface area contributed by atoms with Crippen LogP contribution in [0.3, 0.4) is 0 Å². The molecule has 1 aromatic rings. The molecule has 1 aromatic heterocycles. The quantitative estimate of drug-likeness (QED) is 0.846. The van der Waals surface area contributed by atoms with Crippen molar-refractivity contribution < 1.29 is 0 Å². The Balaban J connectivity index is 2.21. The summed E-state index contributed by atoms with van der Waals surface area (Å²) >= 11 is 3.63. The second-order valence-corrected chi connectivity index (χ2v) is 7.58. The first kappa shape index (κ1) is 16.9. The highest BCUT2D eigenvalue weighted by molar-refractivity contribution is 9.10. The number of rotatable bonds is 6. The number of likely N-dealkylation sites (tertiary alicyclic amines) is 1. The molecule has 1 atom stereocenters. The Morgan fingerprint density at radius 2 is 2.00 bits per heavy atom. The third-order valence-corrected chi connectivity index (χ3v) is 5.18. The van der Waals surface area contributed by atoms with Gasteiger partial charge in [-0.25, -0.2) is 0 Å². The third-order valence-electron chi connectivity index (χ3n) is 4.57. The molecular formula is C15H28BrN5. The highest BCUT2D eigenvalue weighted by Gasteiger charge is 2.38. The van der Waals surface area contributed by atoms with Gasteiger partial charge in [-0.05, 0) is 69.8 Å². The molecule has 0 radical (unpaired) electrons. The van der Waals surface area contributed by atoms with Gasteiger partial charge < -0.3 is 10.6 Å². The number of aromatic nitrogens is 2. The Morgan fingerprint density at radius 3 is 2.57 bits per heavy atom. The summed E-state index contributed by atoms with van der Waals surface area (Å²) < 4.78 is 3.06. The van der Waals surface area contributed by atoms with E-state index in [9.17, 15) is 0 Å². The van der Waals surface area contributed by atoms with Gasteiger partial charge in [-0.1, -0.05) is 0 Å². The molecule has 1 aliphatic rings. The smallest absolute Gasteiger partial charge is 0.0712 e. The highest BCUT2D eigenvalue weighted by Crippen LogP contribution is 2.34. The second kappa shape index (κ2) is 6.77. The average Bonchev–Trinajstić information content (AvgIpc) is 3.05. The first-order valence-electron chi connectivity index (χ1n) is 7.70. The van der Waals surface area contributed by atoms with Crippen molar-refractivity contribution in [3.8, 4) is 0 Å². The van der Waals surface area contributed by atoms with Gasteiger partial charge in [-0.2, -0.15) is 5.10 Å². The lowest BCUT2D eigenvalue weighted by atomic mass is 9.90. The van der Waals surface area contributed by atoms with Gasteiger partial charge in [0.15, 0.2) is 0 Å². The van der Waals surface area contributed by atoms with Crippen LogP contribution in [0.2, 0.25) is 0 Å². The molecule has 1 aliphatic heterocycles. The number of nitrogens with zero attached hydrogens (tertiary/aromatic N) is 4. The molecule has 0 aromatic carbocycles. The fraction of sp³-hybridized carbons (Fsp3) is 0.800. The van der Waals surface area contributed by atoms with Crippen LogP contribution in [-0.4, -0.2) is 58.8 Å². The van der Waals surface area contributed by atoms with Crippen molar-refractivity contribution in [2.75, 3.05) is 33.7 Å². The van der Waals surface area contributed by atoms with E-state index in [1.807, 2.05) is 10.9 Å². The minimum atomic E-state index is -0.0606. The first-order chi connectivity index (χ1) is 9.84. The summed E-state index contributed by atoms with van der Waals surface area (Å²) in [6.07, 6.45) is 4.42. The van der Waals surface area contributed by atoms with E-state index in [-0.39, 0.29) is 11.6 Å². The van der Waals surface area contributed by atoms with Crippen LogP contribution < -0.4 is 5.73 Å². The van der Waals surface area contributed by atoms with Gasteiger partial charge in [-0.15, -0.1) is 0 Å². The lowest BCUT2D eigenvalue weighted by Crippen LogP contribution is -2.50. The molecule has 120 valence electrons. The summed E-state index contributed by atoms with van der Waals surface area (Å²) in [5.41, 5.74) is 7.70. The molecule has 1 fully saturated rings. The molecule has 0 spiro atoms. The summed E-state index contributed by atoms with van der Waals surface area (Å²) in [7, 11) is 4.15. The van der Waals surface area contributed by atoms with Gasteiger partial charge in [-0.3, -0.25) is 9.58 Å². The number of hydrogen-bond acceptors (Lipinski definition) is 4. The van der Waals surface area contributed by atoms with E-state index in [0.29, 0.717) is 0 Å². The minimum absolute atomic E-state index is 0.0605. The zero-order valence-electron chi connectivity index (χ0n) is 13.6. The number of hydrogen-bond donors (Lipinski definition) is 1. The maximum atomic E-state index is 6.66. The van der Waals surface area contributed by atoms with Crippen LogP contribution >= 0.6 is 15.9 Å². The normalized spacial score (nSPS) is 18.6. The molecular weight excluding hydrogens is 330 g/mol. The van der Waals surface area contributed by atoms with Crippen LogP contribution in [-0.2, 0) is 6.54 Å². The lowest BCUT2D eigenvalue weighted by molar-refractivity contribution is 0.119. The zero-order valence-corrected chi connectivity index (χ0v) is 15.2.